The molecule has 0 spiro atoms. The topological polar surface area (TPSA) is 21.3 Å². The fourth-order valence-electron chi connectivity index (χ4n) is 1.53. The van der Waals surface area contributed by atoms with E-state index in [4.69, 9.17) is 4.74 Å². The number of nitrogens with one attached hydrogen (secondary N) is 1. The van der Waals surface area contributed by atoms with Crippen molar-refractivity contribution in [3.8, 4) is 0 Å². The summed E-state index contributed by atoms with van der Waals surface area (Å²) in [6.45, 7) is 0. The average Bonchev–Trinajstić information content (AvgIpc) is 2.34. The summed E-state index contributed by atoms with van der Waals surface area (Å²) < 4.78 is 18.4. The Morgan fingerprint density at radius 1 is 1.31 bits per heavy atom. The number of methoxy groups -OCH3 is 1. The van der Waals surface area contributed by atoms with Crippen molar-refractivity contribution in [1.82, 2.24) is 0 Å². The van der Waals surface area contributed by atoms with E-state index < -0.39 is 5.85 Å². The number of para-hydroxylation sites is 1. The van der Waals surface area contributed by atoms with Gasteiger partial charge in [-0.2, -0.15) is 0 Å². The monoisotopic (exact) mass is 219 g/mol. The van der Waals surface area contributed by atoms with Gasteiger partial charge in [0.05, 0.1) is 0 Å². The number of ether oxygens (including phenoxy) is 1. The van der Waals surface area contributed by atoms with Crippen LogP contribution in [-0.4, -0.2) is 13.0 Å². The fourth-order valence-corrected chi connectivity index (χ4v) is 1.53. The third-order valence-electron chi connectivity index (χ3n) is 2.51. The van der Waals surface area contributed by atoms with Crippen LogP contribution in [0, 0.1) is 0 Å². The molecule has 0 amide bonds. The van der Waals surface area contributed by atoms with Crippen molar-refractivity contribution in [3.63, 3.8) is 0 Å². The number of hydrogen-bond donors (Lipinski definition) is 1. The van der Waals surface area contributed by atoms with Gasteiger partial charge in [0.1, 0.15) is 0 Å². The van der Waals surface area contributed by atoms with Crippen LogP contribution in [0.1, 0.15) is 6.42 Å². The van der Waals surface area contributed by atoms with E-state index in [1.54, 1.807) is 12.2 Å². The highest BCUT2D eigenvalue weighted by molar-refractivity contribution is 5.51. The van der Waals surface area contributed by atoms with Crippen LogP contribution in [0.25, 0.3) is 0 Å². The molecule has 0 heterocycles. The molecular weight excluding hydrogens is 205 g/mol. The maximum atomic E-state index is 13.6. The molecular formula is C13H14FNO. The number of alkyl halides is 1. The SMILES string of the molecule is COC1(F)C=CC(Nc2ccccc2)=CC1. The molecule has 3 heteroatoms. The van der Waals surface area contributed by atoms with Crippen LogP contribution in [0.2, 0.25) is 0 Å². The van der Waals surface area contributed by atoms with E-state index in [1.807, 2.05) is 30.3 Å². The Balaban J connectivity index is 2.02. The molecule has 0 saturated carbocycles. The predicted octanol–water partition coefficient (Wildman–Crippen LogP) is 3.25. The van der Waals surface area contributed by atoms with Gasteiger partial charge in [0, 0.05) is 24.9 Å². The van der Waals surface area contributed by atoms with Crippen LogP contribution in [0.5, 0.6) is 0 Å². The van der Waals surface area contributed by atoms with E-state index in [2.05, 4.69) is 5.32 Å². The van der Waals surface area contributed by atoms with E-state index in [0.29, 0.717) is 0 Å². The molecule has 2 nitrogen and oxygen atoms in total. The zero-order valence-electron chi connectivity index (χ0n) is 9.11. The quantitative estimate of drug-likeness (QED) is 0.842. The number of anilines is 1. The van der Waals surface area contributed by atoms with Crippen LogP contribution < -0.4 is 5.32 Å². The molecule has 84 valence electrons. The molecule has 1 aliphatic carbocycles. The Hall–Kier alpha value is -1.61. The highest BCUT2D eigenvalue weighted by Crippen LogP contribution is 2.26. The number of allylic oxidation sites excluding steroid dienone is 1. The van der Waals surface area contributed by atoms with E-state index in [-0.39, 0.29) is 6.42 Å². The highest BCUT2D eigenvalue weighted by Gasteiger charge is 2.26. The molecule has 0 aromatic heterocycles. The lowest BCUT2D eigenvalue weighted by Gasteiger charge is -2.22. The average molecular weight is 219 g/mol. The Kier molecular flexibility index (Phi) is 3.06. The summed E-state index contributed by atoms with van der Waals surface area (Å²) >= 11 is 0. The summed E-state index contributed by atoms with van der Waals surface area (Å²) in [6, 6.07) is 9.77. The van der Waals surface area contributed by atoms with Gasteiger partial charge >= 0.3 is 0 Å². The van der Waals surface area contributed by atoms with E-state index >= 15 is 0 Å². The third kappa shape index (κ3) is 2.49. The summed E-state index contributed by atoms with van der Waals surface area (Å²) in [5.41, 5.74) is 1.87. The summed E-state index contributed by atoms with van der Waals surface area (Å²) in [5.74, 6) is -1.65. The second-order valence-corrected chi connectivity index (χ2v) is 3.68. The van der Waals surface area contributed by atoms with Crippen LogP contribution in [0.4, 0.5) is 10.1 Å². The van der Waals surface area contributed by atoms with E-state index in [0.717, 1.165) is 11.4 Å². The summed E-state index contributed by atoms with van der Waals surface area (Å²) in [5, 5.41) is 3.19. The molecule has 1 N–H and O–H groups in total. The standard InChI is InChI=1S/C13H14FNO/c1-16-13(14)9-7-12(8-10-13)15-11-5-3-2-4-6-11/h2-9,15H,10H2,1H3. The van der Waals surface area contributed by atoms with Crippen molar-refractivity contribution < 1.29 is 9.13 Å². The fraction of sp³-hybridized carbons (Fsp3) is 0.231. The first-order chi connectivity index (χ1) is 7.72. The smallest absolute Gasteiger partial charge is 0.232 e. The normalized spacial score (nSPS) is 24.0. The molecule has 0 bridgehead atoms. The largest absolute Gasteiger partial charge is 0.356 e. The maximum absolute atomic E-state index is 13.6. The van der Waals surface area contributed by atoms with Crippen molar-refractivity contribution in [2.75, 3.05) is 12.4 Å². The minimum absolute atomic E-state index is 0.231. The van der Waals surface area contributed by atoms with Gasteiger partial charge in [-0.3, -0.25) is 0 Å². The first-order valence-corrected chi connectivity index (χ1v) is 5.17. The van der Waals surface area contributed by atoms with Crippen LogP contribution in [0.3, 0.4) is 0 Å². The first kappa shape index (κ1) is 10.9. The Bertz CT molecular complexity index is 413. The third-order valence-corrected chi connectivity index (χ3v) is 2.51. The molecule has 0 fully saturated rings. The highest BCUT2D eigenvalue weighted by atomic mass is 19.2. The van der Waals surface area contributed by atoms with Crippen molar-refractivity contribution in [2.24, 2.45) is 0 Å². The number of rotatable bonds is 3. The summed E-state index contributed by atoms with van der Waals surface area (Å²) in [6.07, 6.45) is 5.14. The van der Waals surface area contributed by atoms with Crippen LogP contribution in [0.15, 0.2) is 54.3 Å². The Morgan fingerprint density at radius 3 is 2.62 bits per heavy atom. The minimum atomic E-state index is -1.65. The second-order valence-electron chi connectivity index (χ2n) is 3.68. The molecule has 1 aromatic rings. The van der Waals surface area contributed by atoms with Gasteiger partial charge in [-0.15, -0.1) is 0 Å². The molecule has 16 heavy (non-hydrogen) atoms. The lowest BCUT2D eigenvalue weighted by molar-refractivity contribution is -0.0769. The minimum Gasteiger partial charge on any atom is -0.356 e. The van der Waals surface area contributed by atoms with E-state index in [1.165, 1.54) is 13.2 Å². The van der Waals surface area contributed by atoms with Crippen LogP contribution >= 0.6 is 0 Å². The second kappa shape index (κ2) is 4.49. The van der Waals surface area contributed by atoms with Crippen molar-refractivity contribution in [1.29, 1.82) is 0 Å². The van der Waals surface area contributed by atoms with Crippen molar-refractivity contribution in [2.45, 2.75) is 12.3 Å². The zero-order valence-corrected chi connectivity index (χ0v) is 9.11. The lowest BCUT2D eigenvalue weighted by Crippen LogP contribution is -2.24. The van der Waals surface area contributed by atoms with Crippen molar-refractivity contribution >= 4 is 5.69 Å². The molecule has 2 rings (SSSR count). The molecule has 1 aromatic carbocycles. The van der Waals surface area contributed by atoms with Gasteiger partial charge in [-0.25, -0.2) is 4.39 Å². The lowest BCUT2D eigenvalue weighted by atomic mass is 10.1. The van der Waals surface area contributed by atoms with Crippen molar-refractivity contribution in [3.05, 3.63) is 54.3 Å². The first-order valence-electron chi connectivity index (χ1n) is 5.17. The molecule has 0 saturated heterocycles. The number of halogens is 1. The van der Waals surface area contributed by atoms with Gasteiger partial charge < -0.3 is 10.1 Å². The molecule has 1 atom stereocenters. The number of benzene rings is 1. The predicted molar refractivity (Wildman–Crippen MR) is 62.8 cm³/mol. The summed E-state index contributed by atoms with van der Waals surface area (Å²) in [4.78, 5) is 0. The molecule has 1 aliphatic rings. The zero-order chi connectivity index (χ0) is 11.4. The van der Waals surface area contributed by atoms with E-state index in [9.17, 15) is 4.39 Å². The molecule has 1 unspecified atom stereocenters. The van der Waals surface area contributed by atoms with Crippen LogP contribution in [-0.2, 0) is 4.74 Å². The Morgan fingerprint density at radius 2 is 2.06 bits per heavy atom. The Labute approximate surface area is 94.4 Å². The summed E-state index contributed by atoms with van der Waals surface area (Å²) in [7, 11) is 1.37. The van der Waals surface area contributed by atoms with Gasteiger partial charge in [0.15, 0.2) is 0 Å². The van der Waals surface area contributed by atoms with Gasteiger partial charge in [-0.05, 0) is 24.3 Å². The molecule has 0 aliphatic heterocycles. The van der Waals surface area contributed by atoms with Gasteiger partial charge in [0.2, 0.25) is 5.85 Å². The number of hydrogen-bond acceptors (Lipinski definition) is 2. The maximum Gasteiger partial charge on any atom is 0.232 e. The van der Waals surface area contributed by atoms with Gasteiger partial charge in [0.25, 0.3) is 0 Å². The molecule has 0 radical (unpaired) electrons. The van der Waals surface area contributed by atoms with Gasteiger partial charge in [-0.1, -0.05) is 24.3 Å².